The Morgan fingerprint density at radius 1 is 1.07 bits per heavy atom. The molecule has 0 aromatic heterocycles. The lowest BCUT2D eigenvalue weighted by Crippen LogP contribution is -2.46. The van der Waals surface area contributed by atoms with Crippen LogP contribution in [0.5, 0.6) is 5.75 Å². The van der Waals surface area contributed by atoms with Crippen LogP contribution in [-0.2, 0) is 10.0 Å². The lowest BCUT2D eigenvalue weighted by molar-refractivity contribution is 0.102. The first-order valence-corrected chi connectivity index (χ1v) is 10.7. The molecule has 0 bridgehead atoms. The molecule has 0 atom stereocenters. The second-order valence-corrected chi connectivity index (χ2v) is 8.58. The highest BCUT2D eigenvalue weighted by Gasteiger charge is 2.27. The number of nitrogens with one attached hydrogen (secondary N) is 1. The Kier molecular flexibility index (Phi) is 6.33. The molecule has 0 aliphatic carbocycles. The van der Waals surface area contributed by atoms with Crippen LogP contribution in [0.3, 0.4) is 0 Å². The number of anilines is 1. The Hall–Kier alpha value is -2.42. The zero-order valence-electron chi connectivity index (χ0n) is 16.1. The molecule has 1 amide bonds. The van der Waals surface area contributed by atoms with Crippen molar-refractivity contribution >= 4 is 21.6 Å². The standard InChI is InChI=1S/C20H25N3O4S/c1-3-27-18-6-4-5-16(15-18)20(24)21-17-7-9-19(10-8-17)28(25,26)23-13-11-22(2)12-14-23/h4-10,15H,3,11-14H2,1-2H3,(H,21,24). The number of nitrogens with zero attached hydrogens (tertiary/aromatic N) is 2. The lowest BCUT2D eigenvalue weighted by atomic mass is 10.2. The van der Waals surface area contributed by atoms with E-state index in [4.69, 9.17) is 4.74 Å². The van der Waals surface area contributed by atoms with Crippen molar-refractivity contribution in [2.24, 2.45) is 0 Å². The Morgan fingerprint density at radius 3 is 2.39 bits per heavy atom. The van der Waals surface area contributed by atoms with Crippen LogP contribution in [0.1, 0.15) is 17.3 Å². The summed E-state index contributed by atoms with van der Waals surface area (Å²) in [6.07, 6.45) is 0. The van der Waals surface area contributed by atoms with Gasteiger partial charge in [0, 0.05) is 37.4 Å². The van der Waals surface area contributed by atoms with Crippen molar-refractivity contribution in [2.75, 3.05) is 45.2 Å². The average molecular weight is 404 g/mol. The Balaban J connectivity index is 1.69. The Bertz CT molecular complexity index is 921. The summed E-state index contributed by atoms with van der Waals surface area (Å²) in [7, 11) is -1.54. The van der Waals surface area contributed by atoms with Crippen LogP contribution in [-0.4, -0.2) is 63.4 Å². The zero-order valence-corrected chi connectivity index (χ0v) is 16.9. The van der Waals surface area contributed by atoms with Gasteiger partial charge in [-0.15, -0.1) is 0 Å². The fourth-order valence-electron chi connectivity index (χ4n) is 2.98. The van der Waals surface area contributed by atoms with E-state index < -0.39 is 10.0 Å². The summed E-state index contributed by atoms with van der Waals surface area (Å²) in [5.74, 6) is 0.347. The van der Waals surface area contributed by atoms with Gasteiger partial charge in [0.05, 0.1) is 11.5 Å². The number of piperazine rings is 1. The van der Waals surface area contributed by atoms with E-state index >= 15 is 0 Å². The third kappa shape index (κ3) is 4.70. The molecule has 1 aliphatic heterocycles. The summed E-state index contributed by atoms with van der Waals surface area (Å²) in [5.41, 5.74) is 1.00. The number of likely N-dealkylation sites (N-methyl/N-ethyl adjacent to an activating group) is 1. The Labute approximate surface area is 166 Å². The van der Waals surface area contributed by atoms with Crippen molar-refractivity contribution in [1.29, 1.82) is 0 Å². The molecule has 1 heterocycles. The third-order valence-electron chi connectivity index (χ3n) is 4.62. The highest BCUT2D eigenvalue weighted by Crippen LogP contribution is 2.21. The number of hydrogen-bond donors (Lipinski definition) is 1. The molecule has 150 valence electrons. The molecule has 0 spiro atoms. The van der Waals surface area contributed by atoms with E-state index in [0.29, 0.717) is 49.8 Å². The molecule has 1 fully saturated rings. The van der Waals surface area contributed by atoms with E-state index in [-0.39, 0.29) is 10.8 Å². The molecule has 8 heteroatoms. The van der Waals surface area contributed by atoms with Crippen molar-refractivity contribution in [1.82, 2.24) is 9.21 Å². The van der Waals surface area contributed by atoms with Gasteiger partial charge in [0.1, 0.15) is 5.75 Å². The fourth-order valence-corrected chi connectivity index (χ4v) is 4.41. The number of carbonyl (C=O) groups excluding carboxylic acids is 1. The van der Waals surface area contributed by atoms with E-state index in [0.717, 1.165) is 0 Å². The highest BCUT2D eigenvalue weighted by molar-refractivity contribution is 7.89. The summed E-state index contributed by atoms with van der Waals surface area (Å²) in [6.45, 7) is 4.79. The summed E-state index contributed by atoms with van der Waals surface area (Å²) < 4.78 is 32.4. The minimum absolute atomic E-state index is 0.230. The van der Waals surface area contributed by atoms with Crippen LogP contribution >= 0.6 is 0 Å². The van der Waals surface area contributed by atoms with Crippen LogP contribution in [0.15, 0.2) is 53.4 Å². The predicted molar refractivity (Wildman–Crippen MR) is 108 cm³/mol. The number of rotatable bonds is 6. The smallest absolute Gasteiger partial charge is 0.255 e. The molecule has 28 heavy (non-hydrogen) atoms. The molecule has 1 aliphatic rings. The average Bonchev–Trinajstić information content (AvgIpc) is 2.69. The lowest BCUT2D eigenvalue weighted by Gasteiger charge is -2.31. The monoisotopic (exact) mass is 403 g/mol. The van der Waals surface area contributed by atoms with Gasteiger partial charge < -0.3 is 15.0 Å². The summed E-state index contributed by atoms with van der Waals surface area (Å²) >= 11 is 0. The summed E-state index contributed by atoms with van der Waals surface area (Å²) in [4.78, 5) is 14.8. The molecular formula is C20H25N3O4S. The maximum absolute atomic E-state index is 12.8. The predicted octanol–water partition coefficient (Wildman–Crippen LogP) is 2.27. The number of benzene rings is 2. The van der Waals surface area contributed by atoms with Gasteiger partial charge in [-0.2, -0.15) is 4.31 Å². The molecule has 1 saturated heterocycles. The number of ether oxygens (including phenoxy) is 1. The van der Waals surface area contributed by atoms with Crippen molar-refractivity contribution < 1.29 is 17.9 Å². The van der Waals surface area contributed by atoms with Crippen molar-refractivity contribution in [3.8, 4) is 5.75 Å². The SMILES string of the molecule is CCOc1cccc(C(=O)Nc2ccc(S(=O)(=O)N3CCN(C)CC3)cc2)c1. The van der Waals surface area contributed by atoms with Crippen LogP contribution in [0, 0.1) is 0 Å². The second-order valence-electron chi connectivity index (χ2n) is 6.65. The van der Waals surface area contributed by atoms with E-state index in [1.807, 2.05) is 14.0 Å². The molecule has 0 unspecified atom stereocenters. The topological polar surface area (TPSA) is 78.9 Å². The highest BCUT2D eigenvalue weighted by atomic mass is 32.2. The normalized spacial score (nSPS) is 15.9. The van der Waals surface area contributed by atoms with Gasteiger partial charge in [0.2, 0.25) is 10.0 Å². The van der Waals surface area contributed by atoms with E-state index in [9.17, 15) is 13.2 Å². The van der Waals surface area contributed by atoms with Crippen LogP contribution in [0.4, 0.5) is 5.69 Å². The van der Waals surface area contributed by atoms with Gasteiger partial charge in [-0.25, -0.2) is 8.42 Å². The number of carbonyl (C=O) groups is 1. The quantitative estimate of drug-likeness (QED) is 0.801. The minimum Gasteiger partial charge on any atom is -0.494 e. The first-order chi connectivity index (χ1) is 13.4. The van der Waals surface area contributed by atoms with E-state index in [1.54, 1.807) is 36.4 Å². The maximum atomic E-state index is 12.8. The largest absolute Gasteiger partial charge is 0.494 e. The molecule has 0 saturated carbocycles. The van der Waals surface area contributed by atoms with Crippen LogP contribution < -0.4 is 10.1 Å². The van der Waals surface area contributed by atoms with E-state index in [1.165, 1.54) is 16.4 Å². The molecular weight excluding hydrogens is 378 g/mol. The fraction of sp³-hybridized carbons (Fsp3) is 0.350. The van der Waals surface area contributed by atoms with Crippen molar-refractivity contribution in [3.05, 3.63) is 54.1 Å². The maximum Gasteiger partial charge on any atom is 0.255 e. The Morgan fingerprint density at radius 2 is 1.75 bits per heavy atom. The van der Waals surface area contributed by atoms with Crippen LogP contribution in [0.2, 0.25) is 0 Å². The van der Waals surface area contributed by atoms with Gasteiger partial charge in [-0.1, -0.05) is 6.07 Å². The van der Waals surface area contributed by atoms with Gasteiger partial charge in [0.25, 0.3) is 5.91 Å². The van der Waals surface area contributed by atoms with Crippen molar-refractivity contribution in [3.63, 3.8) is 0 Å². The number of sulfonamides is 1. The molecule has 0 radical (unpaired) electrons. The first-order valence-electron chi connectivity index (χ1n) is 9.23. The molecule has 2 aromatic carbocycles. The van der Waals surface area contributed by atoms with Gasteiger partial charge >= 0.3 is 0 Å². The minimum atomic E-state index is -3.52. The number of amides is 1. The zero-order chi connectivity index (χ0) is 20.1. The molecule has 1 N–H and O–H groups in total. The van der Waals surface area contributed by atoms with Gasteiger partial charge in [0.15, 0.2) is 0 Å². The summed E-state index contributed by atoms with van der Waals surface area (Å²) in [5, 5.41) is 2.78. The van der Waals surface area contributed by atoms with Crippen molar-refractivity contribution in [2.45, 2.75) is 11.8 Å². The van der Waals surface area contributed by atoms with E-state index in [2.05, 4.69) is 10.2 Å². The molecule has 7 nitrogen and oxygen atoms in total. The van der Waals surface area contributed by atoms with Gasteiger partial charge in [-0.05, 0) is 56.4 Å². The molecule has 2 aromatic rings. The van der Waals surface area contributed by atoms with Crippen LogP contribution in [0.25, 0.3) is 0 Å². The molecule has 3 rings (SSSR count). The number of hydrogen-bond acceptors (Lipinski definition) is 5. The summed E-state index contributed by atoms with van der Waals surface area (Å²) in [6, 6.07) is 13.2. The third-order valence-corrected chi connectivity index (χ3v) is 6.53. The second kappa shape index (κ2) is 8.72. The first kappa shape index (κ1) is 20.3. The van der Waals surface area contributed by atoms with Gasteiger partial charge in [-0.3, -0.25) is 4.79 Å².